The molecule has 0 radical (unpaired) electrons. The van der Waals surface area contributed by atoms with Crippen molar-refractivity contribution in [2.24, 2.45) is 0 Å². The normalized spacial score (nSPS) is 11.8. The molecule has 0 aliphatic carbocycles. The highest BCUT2D eigenvalue weighted by Gasteiger charge is 2.17. The van der Waals surface area contributed by atoms with E-state index in [0.717, 1.165) is 5.56 Å². The monoisotopic (exact) mass is 366 g/mol. The summed E-state index contributed by atoms with van der Waals surface area (Å²) in [5, 5.41) is 15.8. The van der Waals surface area contributed by atoms with Crippen LogP contribution in [0, 0.1) is 0 Å². The Morgan fingerprint density at radius 3 is 1.93 bits per heavy atom. The van der Waals surface area contributed by atoms with E-state index in [0.29, 0.717) is 17.1 Å². The number of carbonyl (C=O) groups is 1. The molecule has 1 amide bonds. The highest BCUT2D eigenvalue weighted by molar-refractivity contribution is 5.95. The van der Waals surface area contributed by atoms with Crippen molar-refractivity contribution in [1.29, 1.82) is 0 Å². The molecule has 0 bridgehead atoms. The Hall–Kier alpha value is -2.75. The maximum atomic E-state index is 12.4. The van der Waals surface area contributed by atoms with Crippen LogP contribution in [0.15, 0.2) is 54.9 Å². The zero-order chi connectivity index (χ0) is 20.4. The van der Waals surface area contributed by atoms with Crippen LogP contribution < -0.4 is 10.6 Å². The smallest absolute Gasteiger partial charge is 0.256 e. The number of carbonyl (C=O) groups excluding carboxylic acids is 1. The average molecular weight is 367 g/mol. The van der Waals surface area contributed by atoms with E-state index in [-0.39, 0.29) is 22.5 Å². The molecule has 0 aliphatic heterocycles. The van der Waals surface area contributed by atoms with Crippen molar-refractivity contribution in [3.05, 3.63) is 71.6 Å². The van der Waals surface area contributed by atoms with Crippen molar-refractivity contribution in [2.45, 2.75) is 52.4 Å². The first-order valence-electron chi connectivity index (χ1n) is 9.09. The summed E-state index contributed by atoms with van der Waals surface area (Å²) in [7, 11) is 0. The molecule has 27 heavy (non-hydrogen) atoms. The standard InChI is InChI=1S/C23H30N2O2/c1-15(24-19-14-18(23(5,6)7)12-13-20(19)26)25-21(27)16-8-10-17(11-9-16)22(2,3)4/h8-14,24,26H,1H2,2-7H3,(H,25,27). The summed E-state index contributed by atoms with van der Waals surface area (Å²) in [6, 6.07) is 12.9. The molecule has 2 aromatic carbocycles. The van der Waals surface area contributed by atoms with E-state index < -0.39 is 0 Å². The Bertz CT molecular complexity index is 838. The molecule has 0 heterocycles. The van der Waals surface area contributed by atoms with Crippen molar-refractivity contribution in [3.63, 3.8) is 0 Å². The Morgan fingerprint density at radius 1 is 0.889 bits per heavy atom. The fourth-order valence-electron chi connectivity index (χ4n) is 2.63. The van der Waals surface area contributed by atoms with E-state index in [1.165, 1.54) is 5.56 Å². The van der Waals surface area contributed by atoms with Gasteiger partial charge in [0.1, 0.15) is 11.6 Å². The summed E-state index contributed by atoms with van der Waals surface area (Å²) in [5.74, 6) is 0.161. The summed E-state index contributed by atoms with van der Waals surface area (Å²) in [5.41, 5.74) is 3.29. The van der Waals surface area contributed by atoms with E-state index in [4.69, 9.17) is 0 Å². The van der Waals surface area contributed by atoms with E-state index >= 15 is 0 Å². The summed E-state index contributed by atoms with van der Waals surface area (Å²) in [6.45, 7) is 16.5. The van der Waals surface area contributed by atoms with Gasteiger partial charge in [0.05, 0.1) is 5.69 Å². The summed E-state index contributed by atoms with van der Waals surface area (Å²) >= 11 is 0. The number of phenolic OH excluding ortho intramolecular Hbond substituents is 1. The lowest BCUT2D eigenvalue weighted by Crippen LogP contribution is -2.26. The second-order valence-corrected chi connectivity index (χ2v) is 8.87. The third-order valence-electron chi connectivity index (χ3n) is 4.43. The van der Waals surface area contributed by atoms with Gasteiger partial charge in [-0.2, -0.15) is 0 Å². The molecular weight excluding hydrogens is 336 g/mol. The maximum Gasteiger partial charge on any atom is 0.256 e. The highest BCUT2D eigenvalue weighted by Crippen LogP contribution is 2.31. The van der Waals surface area contributed by atoms with Crippen LogP contribution in [0.3, 0.4) is 0 Å². The first kappa shape index (κ1) is 20.6. The molecule has 0 fully saturated rings. The number of rotatable bonds is 4. The van der Waals surface area contributed by atoms with Gasteiger partial charge in [-0.3, -0.25) is 4.79 Å². The molecule has 2 rings (SSSR count). The van der Waals surface area contributed by atoms with Crippen molar-refractivity contribution in [2.75, 3.05) is 5.32 Å². The van der Waals surface area contributed by atoms with Crippen molar-refractivity contribution >= 4 is 11.6 Å². The molecule has 0 aliphatic rings. The van der Waals surface area contributed by atoms with Gasteiger partial charge in [0.25, 0.3) is 5.91 Å². The van der Waals surface area contributed by atoms with Gasteiger partial charge in [-0.1, -0.05) is 66.3 Å². The summed E-state index contributed by atoms with van der Waals surface area (Å²) in [4.78, 5) is 12.4. The minimum atomic E-state index is -0.251. The fourth-order valence-corrected chi connectivity index (χ4v) is 2.63. The maximum absolute atomic E-state index is 12.4. The van der Waals surface area contributed by atoms with Gasteiger partial charge in [0.2, 0.25) is 0 Å². The van der Waals surface area contributed by atoms with E-state index in [2.05, 4.69) is 58.8 Å². The third kappa shape index (κ3) is 5.36. The average Bonchev–Trinajstić information content (AvgIpc) is 2.55. The number of hydrogen-bond donors (Lipinski definition) is 3. The van der Waals surface area contributed by atoms with Crippen molar-refractivity contribution in [3.8, 4) is 5.75 Å². The minimum absolute atomic E-state index is 0.0375. The topological polar surface area (TPSA) is 61.4 Å². The molecule has 0 spiro atoms. The molecule has 2 aromatic rings. The van der Waals surface area contributed by atoms with Crippen LogP contribution in [0.2, 0.25) is 0 Å². The number of amides is 1. The van der Waals surface area contributed by atoms with Crippen LogP contribution in [0.25, 0.3) is 0 Å². The van der Waals surface area contributed by atoms with Crippen LogP contribution >= 0.6 is 0 Å². The van der Waals surface area contributed by atoms with Gasteiger partial charge in [0, 0.05) is 5.56 Å². The number of benzene rings is 2. The lowest BCUT2D eigenvalue weighted by Gasteiger charge is -2.21. The van der Waals surface area contributed by atoms with Gasteiger partial charge < -0.3 is 15.7 Å². The number of hydrogen-bond acceptors (Lipinski definition) is 3. The lowest BCUT2D eigenvalue weighted by molar-refractivity contribution is 0.0966. The van der Waals surface area contributed by atoms with E-state index in [9.17, 15) is 9.90 Å². The number of aromatic hydroxyl groups is 1. The van der Waals surface area contributed by atoms with Crippen LogP contribution in [-0.2, 0) is 10.8 Å². The molecule has 0 atom stereocenters. The van der Waals surface area contributed by atoms with E-state index in [1.807, 2.05) is 24.3 Å². The molecular formula is C23H30N2O2. The quantitative estimate of drug-likeness (QED) is 0.644. The van der Waals surface area contributed by atoms with Gasteiger partial charge in [0.15, 0.2) is 0 Å². The highest BCUT2D eigenvalue weighted by atomic mass is 16.3. The first-order valence-corrected chi connectivity index (χ1v) is 9.09. The molecule has 4 heteroatoms. The van der Waals surface area contributed by atoms with Crippen LogP contribution in [0.4, 0.5) is 5.69 Å². The van der Waals surface area contributed by atoms with Gasteiger partial charge in [-0.15, -0.1) is 0 Å². The largest absolute Gasteiger partial charge is 0.506 e. The molecule has 0 aromatic heterocycles. The predicted molar refractivity (Wildman–Crippen MR) is 112 cm³/mol. The predicted octanol–water partition coefficient (Wildman–Crippen LogP) is 5.30. The van der Waals surface area contributed by atoms with Gasteiger partial charge in [-0.25, -0.2) is 0 Å². The fraction of sp³-hybridized carbons (Fsp3) is 0.348. The van der Waals surface area contributed by atoms with Gasteiger partial charge in [-0.05, 0) is 46.2 Å². The van der Waals surface area contributed by atoms with Crippen molar-refractivity contribution in [1.82, 2.24) is 5.32 Å². The van der Waals surface area contributed by atoms with Crippen LogP contribution in [0.5, 0.6) is 5.75 Å². The lowest BCUT2D eigenvalue weighted by atomic mass is 9.86. The Kier molecular flexibility index (Phi) is 5.69. The van der Waals surface area contributed by atoms with Crippen LogP contribution in [-0.4, -0.2) is 11.0 Å². The molecule has 0 saturated carbocycles. The summed E-state index contributed by atoms with van der Waals surface area (Å²) < 4.78 is 0. The van der Waals surface area contributed by atoms with E-state index in [1.54, 1.807) is 18.2 Å². The number of nitrogens with one attached hydrogen (secondary N) is 2. The SMILES string of the molecule is C=C(NC(=O)c1ccc(C(C)(C)C)cc1)Nc1cc(C(C)(C)C)ccc1O. The number of anilines is 1. The second-order valence-electron chi connectivity index (χ2n) is 8.87. The van der Waals surface area contributed by atoms with Crippen LogP contribution in [0.1, 0.15) is 63.0 Å². The Morgan fingerprint density at radius 2 is 1.41 bits per heavy atom. The van der Waals surface area contributed by atoms with Gasteiger partial charge >= 0.3 is 0 Å². The molecule has 144 valence electrons. The molecule has 4 nitrogen and oxygen atoms in total. The second kappa shape index (κ2) is 7.47. The zero-order valence-corrected chi connectivity index (χ0v) is 17.1. The van der Waals surface area contributed by atoms with Crippen molar-refractivity contribution < 1.29 is 9.90 Å². The first-order chi connectivity index (χ1) is 12.4. The molecule has 0 unspecified atom stereocenters. The Labute approximate surface area is 162 Å². The molecule has 3 N–H and O–H groups in total. The minimum Gasteiger partial charge on any atom is -0.506 e. The summed E-state index contributed by atoms with van der Waals surface area (Å²) in [6.07, 6.45) is 0. The third-order valence-corrected chi connectivity index (χ3v) is 4.43. The molecule has 0 saturated heterocycles. The zero-order valence-electron chi connectivity index (χ0n) is 17.1. The number of phenols is 1. The Balaban J connectivity index is 2.08.